The number of guanidine groups is 1. The summed E-state index contributed by atoms with van der Waals surface area (Å²) in [6.45, 7) is 0.539. The summed E-state index contributed by atoms with van der Waals surface area (Å²) < 4.78 is 7.36. The first-order valence-corrected chi connectivity index (χ1v) is 8.74. The van der Waals surface area contributed by atoms with Crippen molar-refractivity contribution in [3.05, 3.63) is 12.7 Å². The second kappa shape index (κ2) is 7.39. The van der Waals surface area contributed by atoms with Crippen molar-refractivity contribution < 1.29 is 14.9 Å². The number of nitrogens with two attached hydrogens (primary N) is 2. The number of aliphatic hydroxyl groups excluding tert-OH is 2. The Morgan fingerprint density at radius 1 is 1.36 bits per heavy atom. The summed E-state index contributed by atoms with van der Waals surface area (Å²) in [6.07, 6.45) is -0.732. The lowest BCUT2D eigenvalue weighted by atomic mass is 10.1. The fraction of sp³-hybridized carbons (Fsp3) is 0.538. The molecule has 12 heteroatoms. The number of nitrogen functional groups attached to an aromatic ring is 1. The fourth-order valence-electron chi connectivity index (χ4n) is 2.61. The van der Waals surface area contributed by atoms with Crippen molar-refractivity contribution in [3.8, 4) is 0 Å². The third kappa shape index (κ3) is 3.61. The molecule has 11 nitrogen and oxygen atoms in total. The molecule has 25 heavy (non-hydrogen) atoms. The molecule has 3 rings (SSSR count). The molecule has 3 unspecified atom stereocenters. The van der Waals surface area contributed by atoms with Gasteiger partial charge >= 0.3 is 0 Å². The molecule has 1 aliphatic heterocycles. The number of hydrogen-bond donors (Lipinski definition) is 6. The van der Waals surface area contributed by atoms with Crippen molar-refractivity contribution in [3.63, 3.8) is 0 Å². The topological polar surface area (TPSA) is 181 Å². The van der Waals surface area contributed by atoms with Crippen molar-refractivity contribution >= 4 is 34.7 Å². The fourth-order valence-corrected chi connectivity index (χ4v) is 3.53. The van der Waals surface area contributed by atoms with Crippen LogP contribution in [-0.2, 0) is 4.74 Å². The number of hydrogen-bond acceptors (Lipinski definition) is 9. The second-order valence-corrected chi connectivity index (χ2v) is 6.69. The Hall–Kier alpha value is -2.15. The van der Waals surface area contributed by atoms with E-state index in [9.17, 15) is 10.2 Å². The largest absolute Gasteiger partial charge is 0.387 e. The number of anilines is 1. The Kier molecular flexibility index (Phi) is 5.22. The Bertz CT molecular complexity index is 756. The highest BCUT2D eigenvalue weighted by atomic mass is 32.2. The van der Waals surface area contributed by atoms with Gasteiger partial charge in [0.25, 0.3) is 0 Å². The van der Waals surface area contributed by atoms with Crippen LogP contribution >= 0.6 is 11.8 Å². The molecule has 0 aliphatic carbocycles. The van der Waals surface area contributed by atoms with E-state index in [0.717, 1.165) is 0 Å². The summed E-state index contributed by atoms with van der Waals surface area (Å²) in [7, 11) is 0. The minimum absolute atomic E-state index is 0.0820. The van der Waals surface area contributed by atoms with Gasteiger partial charge in [-0.2, -0.15) is 11.8 Å². The third-order valence-corrected chi connectivity index (χ3v) is 4.90. The van der Waals surface area contributed by atoms with Gasteiger partial charge in [-0.05, 0) is 0 Å². The highest BCUT2D eigenvalue weighted by molar-refractivity contribution is 7.99. The van der Waals surface area contributed by atoms with E-state index in [-0.39, 0.29) is 11.8 Å². The van der Waals surface area contributed by atoms with Gasteiger partial charge in [0, 0.05) is 18.1 Å². The molecule has 3 heterocycles. The van der Waals surface area contributed by atoms with E-state index in [2.05, 4.69) is 20.3 Å². The van der Waals surface area contributed by atoms with Gasteiger partial charge in [0.05, 0.1) is 12.4 Å². The number of thioether (sulfide) groups is 1. The van der Waals surface area contributed by atoms with E-state index in [1.165, 1.54) is 24.4 Å². The lowest BCUT2D eigenvalue weighted by Gasteiger charge is -2.16. The van der Waals surface area contributed by atoms with E-state index in [1.807, 2.05) is 0 Å². The number of imidazole rings is 1. The van der Waals surface area contributed by atoms with Crippen LogP contribution in [0.3, 0.4) is 0 Å². The smallest absolute Gasteiger partial charge is 0.185 e. The zero-order valence-electron chi connectivity index (χ0n) is 13.2. The minimum Gasteiger partial charge on any atom is -0.387 e. The van der Waals surface area contributed by atoms with Crippen LogP contribution in [0.15, 0.2) is 12.7 Å². The Morgan fingerprint density at radius 3 is 2.92 bits per heavy atom. The summed E-state index contributed by atoms with van der Waals surface area (Å²) in [5.41, 5.74) is 11.8. The van der Waals surface area contributed by atoms with Crippen LogP contribution in [0, 0.1) is 5.41 Å². The predicted octanol–water partition coefficient (Wildman–Crippen LogP) is -1.76. The molecular formula is C13H20N8O3S. The Balaban J connectivity index is 1.65. The number of aliphatic hydroxyl groups is 2. The summed E-state index contributed by atoms with van der Waals surface area (Å²) in [5.74, 6) is 1.33. The average molecular weight is 368 g/mol. The van der Waals surface area contributed by atoms with E-state index >= 15 is 0 Å². The van der Waals surface area contributed by atoms with Crippen LogP contribution < -0.4 is 16.8 Å². The molecule has 8 N–H and O–H groups in total. The van der Waals surface area contributed by atoms with Gasteiger partial charge in [-0.1, -0.05) is 0 Å². The molecule has 1 saturated heterocycles. The Labute approximate surface area is 147 Å². The van der Waals surface area contributed by atoms with Crippen LogP contribution in [0.2, 0.25) is 0 Å². The summed E-state index contributed by atoms with van der Waals surface area (Å²) in [5, 5.41) is 30.4. The zero-order chi connectivity index (χ0) is 18.0. The number of nitrogens with one attached hydrogen (secondary N) is 2. The lowest BCUT2D eigenvalue weighted by Crippen LogP contribution is -2.33. The maximum atomic E-state index is 10.3. The van der Waals surface area contributed by atoms with Crippen molar-refractivity contribution in [2.24, 2.45) is 5.73 Å². The number of aromatic nitrogens is 4. The van der Waals surface area contributed by atoms with Gasteiger partial charge in [-0.15, -0.1) is 0 Å². The number of nitrogens with zero attached hydrogens (tertiary/aromatic N) is 4. The number of fused-ring (bicyclic) bond motifs is 1. The van der Waals surface area contributed by atoms with Crippen molar-refractivity contribution in [1.29, 1.82) is 5.41 Å². The van der Waals surface area contributed by atoms with Gasteiger partial charge in [0.15, 0.2) is 23.7 Å². The molecule has 0 radical (unpaired) electrons. The normalized spacial score (nSPS) is 26.2. The van der Waals surface area contributed by atoms with E-state index in [0.29, 0.717) is 29.2 Å². The summed E-state index contributed by atoms with van der Waals surface area (Å²) in [4.78, 5) is 12.1. The minimum atomic E-state index is -1.12. The van der Waals surface area contributed by atoms with Crippen LogP contribution in [0.5, 0.6) is 0 Å². The van der Waals surface area contributed by atoms with Crippen molar-refractivity contribution in [2.75, 3.05) is 23.8 Å². The molecule has 2 aromatic rings. The molecule has 0 spiro atoms. The maximum absolute atomic E-state index is 10.3. The van der Waals surface area contributed by atoms with Crippen molar-refractivity contribution in [2.45, 2.75) is 24.5 Å². The number of ether oxygens (including phenoxy) is 1. The van der Waals surface area contributed by atoms with Crippen LogP contribution in [0.4, 0.5) is 5.82 Å². The molecule has 0 saturated carbocycles. The molecular weight excluding hydrogens is 348 g/mol. The first kappa shape index (κ1) is 17.7. The highest BCUT2D eigenvalue weighted by Gasteiger charge is 2.44. The second-order valence-electron chi connectivity index (χ2n) is 5.54. The molecule has 0 amide bonds. The first-order valence-electron chi connectivity index (χ1n) is 7.59. The van der Waals surface area contributed by atoms with E-state index < -0.39 is 24.5 Å². The highest BCUT2D eigenvalue weighted by Crippen LogP contribution is 2.33. The third-order valence-electron chi connectivity index (χ3n) is 3.84. The quantitative estimate of drug-likeness (QED) is 0.194. The molecule has 1 fully saturated rings. The van der Waals surface area contributed by atoms with Crippen LogP contribution in [-0.4, -0.2) is 72.1 Å². The molecule has 0 bridgehead atoms. The molecule has 4 atom stereocenters. The SMILES string of the molecule is N=C(N)NCCSCC1O[C@@H](n2cnc3c(N)ncnc32)C(O)C1O. The van der Waals surface area contributed by atoms with Gasteiger partial charge in [0.2, 0.25) is 0 Å². The average Bonchev–Trinajstić information content (AvgIpc) is 3.11. The Morgan fingerprint density at radius 2 is 2.16 bits per heavy atom. The van der Waals surface area contributed by atoms with E-state index in [4.69, 9.17) is 21.6 Å². The predicted molar refractivity (Wildman–Crippen MR) is 92.9 cm³/mol. The van der Waals surface area contributed by atoms with E-state index in [1.54, 1.807) is 4.57 Å². The van der Waals surface area contributed by atoms with Crippen molar-refractivity contribution in [1.82, 2.24) is 24.8 Å². The summed E-state index contributed by atoms with van der Waals surface area (Å²) >= 11 is 1.52. The molecule has 2 aromatic heterocycles. The molecule has 136 valence electrons. The zero-order valence-corrected chi connectivity index (χ0v) is 14.1. The molecule has 1 aliphatic rings. The van der Waals surface area contributed by atoms with Gasteiger partial charge in [-0.3, -0.25) is 9.98 Å². The monoisotopic (exact) mass is 368 g/mol. The van der Waals surface area contributed by atoms with Crippen LogP contribution in [0.1, 0.15) is 6.23 Å². The molecule has 0 aromatic carbocycles. The maximum Gasteiger partial charge on any atom is 0.185 e. The standard InChI is InChI=1S/C13H20N8O3S/c14-10-7-11(19-4-18-10)21(5-20-7)12-9(23)8(22)6(24-12)3-25-2-1-17-13(15)16/h4-6,8-9,12,22-23H,1-3H2,(H2,14,18,19)(H4,15,16,17)/t6?,8?,9?,12-/m1/s1. The summed E-state index contributed by atoms with van der Waals surface area (Å²) in [6, 6.07) is 0. The number of rotatable bonds is 6. The lowest BCUT2D eigenvalue weighted by molar-refractivity contribution is -0.0289. The van der Waals surface area contributed by atoms with Gasteiger partial charge in [0.1, 0.15) is 24.1 Å². The van der Waals surface area contributed by atoms with Gasteiger partial charge in [-0.25, -0.2) is 15.0 Å². The van der Waals surface area contributed by atoms with Gasteiger partial charge < -0.3 is 31.7 Å². The first-order chi connectivity index (χ1) is 12.0. The van der Waals surface area contributed by atoms with Crippen LogP contribution in [0.25, 0.3) is 11.2 Å².